The Morgan fingerprint density at radius 3 is 0.960 bits per heavy atom. The van der Waals surface area contributed by atoms with Crippen LogP contribution < -0.4 is 40.3 Å². The van der Waals surface area contributed by atoms with Gasteiger partial charge in [-0.3, -0.25) is 93.6 Å². The summed E-state index contributed by atoms with van der Waals surface area (Å²) in [6, 6.07) is 17.2. The number of alkyl halides is 4. The fraction of sp³-hybridized carbons (Fsp3) is 0.375. The Morgan fingerprint density at radius 1 is 0.395 bits per heavy atom. The van der Waals surface area contributed by atoms with E-state index < -0.39 is 208 Å². The number of aromatic nitrogens is 8. The molecule has 16 rings (SSSR count). The van der Waals surface area contributed by atoms with Crippen LogP contribution in [0.5, 0.6) is 23.0 Å². The Bertz CT molecular complexity index is 6590. The molecule has 8 aromatic rings. The molecule has 8 aliphatic rings. The number of hydrogen-bond acceptors (Lipinski definition) is 36. The summed E-state index contributed by atoms with van der Waals surface area (Å²) in [5, 5.41) is 82.2. The van der Waals surface area contributed by atoms with Crippen LogP contribution in [-0.4, -0.2) is 178 Å². The highest BCUT2D eigenvalue weighted by molar-refractivity contribution is 7.71. The fourth-order valence-corrected chi connectivity index (χ4v) is 18.4. The molecule has 0 aliphatic carbocycles. The number of H-pyrrole nitrogens is 4. The summed E-state index contributed by atoms with van der Waals surface area (Å²) in [4.78, 5) is 54.8. The van der Waals surface area contributed by atoms with Crippen LogP contribution in [0.15, 0.2) is 117 Å². The summed E-state index contributed by atoms with van der Waals surface area (Å²) >= 11 is 66.0. The SMILES string of the molecule is O=c1[nH]c(=S)n([C@@H]2O[C@](F)(COP3(=O)OCc4cc(Cl)ccc4O3)[C@@H](O)[C@H]2O)cc1Cl.[2H]C([2H])(OP1(=O)OCc2cc(Cl)ccc2O1)[C@@]1(F)O[C@@H](n2cc(Cl)c(=O)[nH]c2=S)[C@H](O)[C@@H]1O.[2H]C([2H])(OP1(=O)OCc2cc(Cl)ccc2O1)[C@@]1(F)O[C@@]([2H])(n2cc(Cl)c(=O)[nH]c2=S)[C@H](O)[C@@H]1O.[2H][C@@]1(n2cc(Cl)c(=O)[nH]c2=S)O[C@](F)(COP2(=O)OCc3cc(Cl)ccc3O2)[C@@H](O)[C@H]1O. The highest BCUT2D eigenvalue weighted by Crippen LogP contribution is 2.61. The molecule has 4 fully saturated rings. The van der Waals surface area contributed by atoms with Crippen LogP contribution in [-0.2, 0) is 99.8 Å². The number of aromatic amines is 4. The second-order valence-corrected chi connectivity index (χ2v) is 37.2. The molecule has 0 amide bonds. The van der Waals surface area contributed by atoms with E-state index in [0.29, 0.717) is 51.5 Å². The van der Waals surface area contributed by atoms with E-state index in [9.17, 15) is 78.3 Å². The van der Waals surface area contributed by atoms with Crippen LogP contribution in [0.25, 0.3) is 0 Å². The molecule has 0 saturated carbocycles. The Labute approximate surface area is 757 Å². The van der Waals surface area contributed by atoms with Gasteiger partial charge in [0.2, 0.25) is 0 Å². The molecule has 12 N–H and O–H groups in total. The van der Waals surface area contributed by atoms with E-state index in [0.717, 1.165) is 33.9 Å². The Hall–Kier alpha value is -5.36. The third-order valence-corrected chi connectivity index (χ3v) is 25.9. The quantitative estimate of drug-likeness (QED) is 0.0243. The van der Waals surface area contributed by atoms with Gasteiger partial charge in [-0.15, -0.1) is 0 Å². The van der Waals surface area contributed by atoms with Crippen molar-refractivity contribution in [3.05, 3.63) is 221 Å². The number of benzene rings is 4. The number of hydrogen-bond donors (Lipinski definition) is 12. The van der Waals surface area contributed by atoms with E-state index in [1.54, 1.807) is 6.07 Å². The first-order chi connectivity index (χ1) is 60.3. The van der Waals surface area contributed by atoms with Crippen molar-refractivity contribution in [2.75, 3.05) is 26.3 Å². The third kappa shape index (κ3) is 20.7. The first kappa shape index (κ1) is 87.9. The zero-order chi connectivity index (χ0) is 95.6. The molecule has 0 radical (unpaired) electrons. The molecular formula is C64H56Cl8F4N8O32P4S4. The smallest absolute Gasteiger partial charge is 0.404 e. The summed E-state index contributed by atoms with van der Waals surface area (Å²) in [7, 11) is -18.2. The van der Waals surface area contributed by atoms with Gasteiger partial charge in [-0.2, -0.15) is 0 Å². The first-order valence-corrected chi connectivity index (χ1v) is 44.4. The average Bonchev–Trinajstić information content (AvgIpc) is 1.55. The minimum Gasteiger partial charge on any atom is -0.404 e. The average molecular weight is 2070 g/mol. The third-order valence-electron chi connectivity index (χ3n) is 17.7. The monoisotopic (exact) mass is 2060 g/mol. The molecule has 4 unspecified atom stereocenters. The highest BCUT2D eigenvalue weighted by atomic mass is 35.5. The van der Waals surface area contributed by atoms with E-state index in [2.05, 4.69) is 19.9 Å². The van der Waals surface area contributed by atoms with Gasteiger partial charge in [0.1, 0.15) is 118 Å². The number of phosphoric acid groups is 4. The molecule has 40 nitrogen and oxygen atoms in total. The Balaban J connectivity index is 0.000000148. The van der Waals surface area contributed by atoms with Gasteiger partial charge >= 0.3 is 31.3 Å². The van der Waals surface area contributed by atoms with Crippen molar-refractivity contribution in [2.45, 2.75) is 124 Å². The van der Waals surface area contributed by atoms with Crippen LogP contribution in [0.2, 0.25) is 40.2 Å². The van der Waals surface area contributed by atoms with Crippen LogP contribution in [0.4, 0.5) is 17.6 Å². The van der Waals surface area contributed by atoms with Crippen molar-refractivity contribution in [1.82, 2.24) is 38.2 Å². The topological polar surface area (TPSA) is 529 Å². The van der Waals surface area contributed by atoms with Gasteiger partial charge in [0, 0.05) is 67.1 Å². The summed E-state index contributed by atoms with van der Waals surface area (Å²) in [6.45, 7) is -11.0. The van der Waals surface area contributed by atoms with Crippen molar-refractivity contribution < 1.29 is 158 Å². The van der Waals surface area contributed by atoms with E-state index >= 15 is 17.6 Å². The predicted octanol–water partition coefficient (Wildman–Crippen LogP) is 11.5. The molecule has 12 heterocycles. The molecule has 0 spiro atoms. The van der Waals surface area contributed by atoms with Crippen LogP contribution >= 0.6 is 173 Å². The number of rotatable bonds is 16. The second-order valence-electron chi connectivity index (χ2n) is 26.1. The van der Waals surface area contributed by atoms with Gasteiger partial charge in [-0.25, -0.2) is 35.8 Å². The number of aliphatic hydroxyl groups excluding tert-OH is 8. The number of nitrogens with zero attached hydrogens (tertiary/aromatic N) is 4. The lowest BCUT2D eigenvalue weighted by atomic mass is 10.1. The standard InChI is InChI=1S/4C16H14Cl2FN2O8PS/c4*17-8-1-2-10-7(3-8)5-26-30(25,29-10)27-6-16(19)12(23)11(22)14(28-16)21-4-9(18)13(24)20-15(21)31/h4*1-4,11-12,14,22-23H,5-6H2,(H,20,24,31)/t4*11-,12+,14-,16-,30?/m1111/s1/i6D2,14D;14D;6D2;. The van der Waals surface area contributed by atoms with Crippen molar-refractivity contribution in [3.63, 3.8) is 0 Å². The normalized spacial score (nSPS) is 34.6. The zero-order valence-corrected chi connectivity index (χ0v) is 73.3. The molecule has 4 aromatic heterocycles. The number of fused-ring (bicyclic) bond motifs is 4. The Kier molecular flexibility index (Phi) is 26.6. The van der Waals surface area contributed by atoms with Crippen molar-refractivity contribution >= 4 is 173 Å². The second kappa shape index (κ2) is 37.5. The van der Waals surface area contributed by atoms with E-state index in [1.165, 1.54) is 66.7 Å². The number of ether oxygens (including phenoxy) is 4. The molecule has 124 heavy (non-hydrogen) atoms. The van der Waals surface area contributed by atoms with Gasteiger partial charge in [-0.1, -0.05) is 92.8 Å². The number of halogens is 12. The van der Waals surface area contributed by atoms with Gasteiger partial charge in [0.25, 0.3) is 45.7 Å². The van der Waals surface area contributed by atoms with Gasteiger partial charge < -0.3 is 77.9 Å². The maximum absolute atomic E-state index is 15.8. The van der Waals surface area contributed by atoms with E-state index in [1.807, 2.05) is 0 Å². The fourth-order valence-electron chi connectivity index (χ4n) is 11.4. The largest absolute Gasteiger partial charge is 0.530 e. The van der Waals surface area contributed by atoms with Gasteiger partial charge in [0.15, 0.2) is 43.9 Å². The molecule has 8 aliphatic heterocycles. The van der Waals surface area contributed by atoms with Gasteiger partial charge in [0.05, 0.1) is 34.7 Å². The summed E-state index contributed by atoms with van der Waals surface area (Å²) < 4.78 is 244. The number of nitrogens with one attached hydrogen (secondary N) is 4. The first-order valence-electron chi connectivity index (χ1n) is 36.9. The maximum atomic E-state index is 15.8. The van der Waals surface area contributed by atoms with E-state index in [4.69, 9.17) is 223 Å². The summed E-state index contributed by atoms with van der Waals surface area (Å²) in [6.07, 6.45) is -24.2. The molecular weight excluding hydrogens is 2000 g/mol. The minimum absolute atomic E-state index is 0.00215. The predicted molar refractivity (Wildman–Crippen MR) is 429 cm³/mol. The summed E-state index contributed by atoms with van der Waals surface area (Å²) in [5.74, 6) is -13.8. The molecule has 60 heteroatoms. The van der Waals surface area contributed by atoms with Crippen LogP contribution in [0.3, 0.4) is 0 Å². The van der Waals surface area contributed by atoms with Crippen LogP contribution in [0, 0.1) is 19.1 Å². The van der Waals surface area contributed by atoms with Gasteiger partial charge in [-0.05, 0) is 122 Å². The number of phosphoric ester groups is 4. The van der Waals surface area contributed by atoms with Crippen molar-refractivity contribution in [3.8, 4) is 23.0 Å². The number of aliphatic hydroxyl groups is 8. The molecule has 4 aromatic carbocycles. The highest BCUT2D eigenvalue weighted by Gasteiger charge is 2.62. The molecule has 0 bridgehead atoms. The maximum Gasteiger partial charge on any atom is 0.530 e. The molecule has 4 saturated heterocycles. The Morgan fingerprint density at radius 2 is 0.637 bits per heavy atom. The molecule has 672 valence electrons. The minimum atomic E-state index is -4.85. The molecule has 20 atom stereocenters. The lowest BCUT2D eigenvalue weighted by Gasteiger charge is -2.28. The van der Waals surface area contributed by atoms with E-state index in [-0.39, 0.29) is 57.4 Å². The lowest BCUT2D eigenvalue weighted by Crippen LogP contribution is -2.43. The zero-order valence-electron chi connectivity index (χ0n) is 66.4. The van der Waals surface area contributed by atoms with Crippen LogP contribution in [0.1, 0.15) is 55.3 Å². The van der Waals surface area contributed by atoms with Crippen molar-refractivity contribution in [2.24, 2.45) is 0 Å². The lowest BCUT2D eigenvalue weighted by molar-refractivity contribution is -0.205. The summed E-state index contributed by atoms with van der Waals surface area (Å²) in [5.41, 5.74) is -1.41. The van der Waals surface area contributed by atoms with Crippen molar-refractivity contribution in [1.29, 1.82) is 0 Å².